The first-order valence-corrected chi connectivity index (χ1v) is 22.3. The van der Waals surface area contributed by atoms with Gasteiger partial charge in [-0.25, -0.2) is 15.0 Å². The summed E-state index contributed by atoms with van der Waals surface area (Å²) in [6.45, 7) is 9.45. The Balaban J connectivity index is 1.10. The van der Waals surface area contributed by atoms with Crippen LogP contribution in [0.25, 0.3) is 56.4 Å². The Hall–Kier alpha value is -6.88. The molecule has 3 nitrogen and oxygen atoms in total. The largest absolute Gasteiger partial charge is 0.208 e. The smallest absolute Gasteiger partial charge is 0.164 e. The fraction of sp³-hybridized carbons (Fsp3) is 0.121. The summed E-state index contributed by atoms with van der Waals surface area (Å²) >= 11 is 1.88. The first-order valence-electron chi connectivity index (χ1n) is 21.5. The van der Waals surface area contributed by atoms with Gasteiger partial charge in [-0.3, -0.25) is 0 Å². The molecule has 0 atom stereocenters. The first-order chi connectivity index (χ1) is 30.3. The monoisotopic (exact) mass is 813 g/mol. The maximum absolute atomic E-state index is 5.41. The molecular weight excluding hydrogens is 771 g/mol. The minimum Gasteiger partial charge on any atom is -0.208 e. The molecule has 4 heteroatoms. The Bertz CT molecular complexity index is 3240. The van der Waals surface area contributed by atoms with Gasteiger partial charge in [0.25, 0.3) is 0 Å². The molecule has 1 aliphatic heterocycles. The molecule has 3 aliphatic rings. The molecule has 1 spiro atoms. The molecular formula is C58H43N3S. The van der Waals surface area contributed by atoms with Gasteiger partial charge in [0, 0.05) is 37.3 Å². The second kappa shape index (κ2) is 13.6. The predicted octanol–water partition coefficient (Wildman–Crippen LogP) is 14.3. The van der Waals surface area contributed by atoms with Gasteiger partial charge in [0.1, 0.15) is 0 Å². The van der Waals surface area contributed by atoms with E-state index in [0.29, 0.717) is 17.5 Å². The summed E-state index contributed by atoms with van der Waals surface area (Å²) in [7, 11) is 0. The Morgan fingerprint density at radius 1 is 0.323 bits per heavy atom. The summed E-state index contributed by atoms with van der Waals surface area (Å²) in [5.41, 5.74) is 17.3. The van der Waals surface area contributed by atoms with E-state index < -0.39 is 5.41 Å². The molecule has 1 aromatic heterocycles. The lowest BCUT2D eigenvalue weighted by atomic mass is 9.53. The van der Waals surface area contributed by atoms with E-state index in [4.69, 9.17) is 15.0 Å². The lowest BCUT2D eigenvalue weighted by Gasteiger charge is -2.51. The van der Waals surface area contributed by atoms with Crippen molar-refractivity contribution in [3.05, 3.63) is 233 Å². The summed E-state index contributed by atoms with van der Waals surface area (Å²) in [6.07, 6.45) is 0. The van der Waals surface area contributed by atoms with Gasteiger partial charge >= 0.3 is 0 Å². The molecule has 0 unspecified atom stereocenters. The van der Waals surface area contributed by atoms with Gasteiger partial charge in [-0.15, -0.1) is 0 Å². The van der Waals surface area contributed by atoms with Crippen LogP contribution in [0.15, 0.2) is 198 Å². The van der Waals surface area contributed by atoms with E-state index in [1.807, 2.05) is 30.0 Å². The lowest BCUT2D eigenvalue weighted by Crippen LogP contribution is -2.43. The van der Waals surface area contributed by atoms with Crippen LogP contribution in [-0.2, 0) is 16.2 Å². The molecule has 12 rings (SSSR count). The van der Waals surface area contributed by atoms with Crippen LogP contribution in [0.3, 0.4) is 0 Å². The molecule has 296 valence electrons. The standard InChI is InChI=1S/C58H43N3S/c1-56(2)43-25-11-10-22-39(43)40-34-33-37(35-49(40)56)54-59-53(36-19-6-5-7-20-36)60-55(61-54)42-23-9-8-21-38(42)41-24-18-30-48-52(41)57(3,4)44-26-12-13-27-45(44)58(48)46-28-14-16-31-50(46)62-51-32-17-15-29-47(51)58/h5-35H,1-4H3. The molecule has 2 heterocycles. The summed E-state index contributed by atoms with van der Waals surface area (Å²) in [4.78, 5) is 18.5. The molecule has 8 aromatic carbocycles. The molecule has 0 N–H and O–H groups in total. The highest BCUT2D eigenvalue weighted by Crippen LogP contribution is 2.63. The number of rotatable bonds is 4. The highest BCUT2D eigenvalue weighted by molar-refractivity contribution is 7.99. The zero-order valence-electron chi connectivity index (χ0n) is 35.1. The number of benzene rings is 8. The van der Waals surface area contributed by atoms with Gasteiger partial charge < -0.3 is 0 Å². The van der Waals surface area contributed by atoms with Crippen LogP contribution in [0.2, 0.25) is 0 Å². The van der Waals surface area contributed by atoms with E-state index in [-0.39, 0.29) is 10.8 Å². The lowest BCUT2D eigenvalue weighted by molar-refractivity contribution is 0.550. The van der Waals surface area contributed by atoms with Gasteiger partial charge in [0.05, 0.1) is 5.41 Å². The fourth-order valence-electron chi connectivity index (χ4n) is 11.1. The van der Waals surface area contributed by atoms with E-state index in [0.717, 1.165) is 22.3 Å². The minimum atomic E-state index is -0.521. The maximum Gasteiger partial charge on any atom is 0.164 e. The SMILES string of the molecule is CC1(C)c2ccccc2-c2ccc(-c3nc(-c4ccccc4)nc(-c4ccccc4-c4cccc5c4C(C)(C)c4ccccc4C54c5ccccc5Sc5ccccc54)n3)cc21. The minimum absolute atomic E-state index is 0.153. The van der Waals surface area contributed by atoms with Crippen molar-refractivity contribution < 1.29 is 0 Å². The van der Waals surface area contributed by atoms with Crippen LogP contribution < -0.4 is 0 Å². The van der Waals surface area contributed by atoms with Crippen molar-refractivity contribution in [1.29, 1.82) is 0 Å². The Kier molecular flexibility index (Phi) is 8.08. The molecule has 0 saturated heterocycles. The van der Waals surface area contributed by atoms with Crippen LogP contribution in [0.5, 0.6) is 0 Å². The Labute approximate surface area is 367 Å². The van der Waals surface area contributed by atoms with Crippen molar-refractivity contribution in [1.82, 2.24) is 15.0 Å². The van der Waals surface area contributed by atoms with Gasteiger partial charge in [-0.2, -0.15) is 0 Å². The molecule has 62 heavy (non-hydrogen) atoms. The van der Waals surface area contributed by atoms with Crippen LogP contribution >= 0.6 is 11.8 Å². The number of nitrogens with zero attached hydrogens (tertiary/aromatic N) is 3. The molecule has 0 bridgehead atoms. The molecule has 2 aliphatic carbocycles. The summed E-state index contributed by atoms with van der Waals surface area (Å²) in [5, 5.41) is 0. The quantitative estimate of drug-likeness (QED) is 0.177. The van der Waals surface area contributed by atoms with Gasteiger partial charge in [0.2, 0.25) is 0 Å². The van der Waals surface area contributed by atoms with Crippen LogP contribution in [-0.4, -0.2) is 15.0 Å². The summed E-state index contributed by atoms with van der Waals surface area (Å²) in [6, 6.07) is 68.7. The zero-order chi connectivity index (χ0) is 41.8. The third-order valence-corrected chi connectivity index (χ3v) is 15.0. The zero-order valence-corrected chi connectivity index (χ0v) is 36.0. The van der Waals surface area contributed by atoms with Gasteiger partial charge in [0.15, 0.2) is 17.5 Å². The van der Waals surface area contributed by atoms with Crippen LogP contribution in [0.4, 0.5) is 0 Å². The molecule has 0 amide bonds. The third kappa shape index (κ3) is 5.17. The topological polar surface area (TPSA) is 38.7 Å². The number of hydrogen-bond acceptors (Lipinski definition) is 4. The second-order valence-electron chi connectivity index (χ2n) is 17.9. The van der Waals surface area contributed by atoms with Gasteiger partial charge in [-0.05, 0) is 85.0 Å². The Morgan fingerprint density at radius 2 is 0.823 bits per heavy atom. The maximum atomic E-state index is 5.41. The number of fused-ring (bicyclic) bond motifs is 11. The van der Waals surface area contributed by atoms with Crippen molar-refractivity contribution in [3.63, 3.8) is 0 Å². The van der Waals surface area contributed by atoms with E-state index in [9.17, 15) is 0 Å². The first kappa shape index (κ1) is 36.9. The number of aromatic nitrogens is 3. The number of hydrogen-bond donors (Lipinski definition) is 0. The van der Waals surface area contributed by atoms with E-state index in [2.05, 4.69) is 198 Å². The molecule has 9 aromatic rings. The van der Waals surface area contributed by atoms with Crippen molar-refractivity contribution in [3.8, 4) is 56.4 Å². The van der Waals surface area contributed by atoms with Gasteiger partial charge in [-0.1, -0.05) is 209 Å². The van der Waals surface area contributed by atoms with Crippen molar-refractivity contribution in [2.75, 3.05) is 0 Å². The molecule has 0 radical (unpaired) electrons. The molecule has 0 fully saturated rings. The van der Waals surface area contributed by atoms with E-state index in [1.165, 1.54) is 71.0 Å². The van der Waals surface area contributed by atoms with Crippen LogP contribution in [0, 0.1) is 0 Å². The third-order valence-electron chi connectivity index (χ3n) is 13.9. The van der Waals surface area contributed by atoms with E-state index in [1.54, 1.807) is 0 Å². The predicted molar refractivity (Wildman–Crippen MR) is 254 cm³/mol. The van der Waals surface area contributed by atoms with Crippen LogP contribution in [0.1, 0.15) is 72.2 Å². The summed E-state index contributed by atoms with van der Waals surface area (Å²) < 4.78 is 0. The summed E-state index contributed by atoms with van der Waals surface area (Å²) in [5.74, 6) is 1.97. The van der Waals surface area contributed by atoms with Crippen molar-refractivity contribution >= 4 is 11.8 Å². The second-order valence-corrected chi connectivity index (χ2v) is 19.0. The average Bonchev–Trinajstić information content (AvgIpc) is 3.55. The fourth-order valence-corrected chi connectivity index (χ4v) is 12.3. The highest BCUT2D eigenvalue weighted by Gasteiger charge is 2.52. The normalized spacial score (nSPS) is 15.4. The Morgan fingerprint density at radius 3 is 1.53 bits per heavy atom. The van der Waals surface area contributed by atoms with Crippen molar-refractivity contribution in [2.24, 2.45) is 0 Å². The average molecular weight is 814 g/mol. The molecule has 0 saturated carbocycles. The van der Waals surface area contributed by atoms with Crippen molar-refractivity contribution in [2.45, 2.75) is 53.7 Å². The highest BCUT2D eigenvalue weighted by atomic mass is 32.2. The van der Waals surface area contributed by atoms with E-state index >= 15 is 0 Å².